The van der Waals surface area contributed by atoms with E-state index in [0.717, 1.165) is 38.8 Å². The number of guanidine groups is 1. The molecule has 1 amide bonds. The largest absolute Gasteiger partial charge is 0.379 e. The van der Waals surface area contributed by atoms with Crippen LogP contribution in [0.15, 0.2) is 35.3 Å². The first-order valence-electron chi connectivity index (χ1n) is 9.71. The summed E-state index contributed by atoms with van der Waals surface area (Å²) in [5, 5.41) is 9.57. The van der Waals surface area contributed by atoms with Crippen LogP contribution >= 0.6 is 24.0 Å². The third-order valence-electron chi connectivity index (χ3n) is 4.73. The SMILES string of the molecule is CN=C(NCCNC(=O)c1ccccc1)NCC(C(C)C)N1CCOCC1.I. The summed E-state index contributed by atoms with van der Waals surface area (Å²) in [6.45, 7) is 10.0. The van der Waals surface area contributed by atoms with E-state index in [2.05, 4.69) is 39.7 Å². The molecule has 0 saturated carbocycles. The van der Waals surface area contributed by atoms with Crippen molar-refractivity contribution in [3.63, 3.8) is 0 Å². The molecule has 1 atom stereocenters. The van der Waals surface area contributed by atoms with E-state index >= 15 is 0 Å². The van der Waals surface area contributed by atoms with Gasteiger partial charge in [0.2, 0.25) is 0 Å². The van der Waals surface area contributed by atoms with E-state index in [1.807, 2.05) is 18.2 Å². The van der Waals surface area contributed by atoms with Crippen LogP contribution < -0.4 is 16.0 Å². The van der Waals surface area contributed by atoms with Crippen molar-refractivity contribution in [1.29, 1.82) is 0 Å². The topological polar surface area (TPSA) is 78.0 Å². The number of nitrogens with one attached hydrogen (secondary N) is 3. The van der Waals surface area contributed by atoms with Crippen molar-refractivity contribution in [2.45, 2.75) is 19.9 Å². The van der Waals surface area contributed by atoms with Gasteiger partial charge in [0, 0.05) is 51.4 Å². The first kappa shape index (κ1) is 24.6. The van der Waals surface area contributed by atoms with Gasteiger partial charge in [-0.1, -0.05) is 32.0 Å². The summed E-state index contributed by atoms with van der Waals surface area (Å²) in [4.78, 5) is 18.8. The van der Waals surface area contributed by atoms with E-state index in [-0.39, 0.29) is 29.9 Å². The minimum Gasteiger partial charge on any atom is -0.379 e. The molecule has 7 nitrogen and oxygen atoms in total. The smallest absolute Gasteiger partial charge is 0.251 e. The zero-order valence-corrected chi connectivity index (χ0v) is 19.4. The molecule has 1 aliphatic rings. The number of halogens is 1. The summed E-state index contributed by atoms with van der Waals surface area (Å²) >= 11 is 0. The summed E-state index contributed by atoms with van der Waals surface area (Å²) < 4.78 is 5.46. The quantitative estimate of drug-likeness (QED) is 0.217. The molecule has 1 unspecified atom stereocenters. The average molecular weight is 503 g/mol. The van der Waals surface area contributed by atoms with Gasteiger partial charge in [0.25, 0.3) is 5.91 Å². The zero-order chi connectivity index (χ0) is 19.5. The van der Waals surface area contributed by atoms with Gasteiger partial charge >= 0.3 is 0 Å². The molecule has 0 radical (unpaired) electrons. The van der Waals surface area contributed by atoms with Crippen LogP contribution in [0.5, 0.6) is 0 Å². The molecule has 158 valence electrons. The first-order valence-corrected chi connectivity index (χ1v) is 9.71. The number of rotatable bonds is 8. The van der Waals surface area contributed by atoms with Crippen molar-refractivity contribution in [1.82, 2.24) is 20.9 Å². The number of morpholine rings is 1. The van der Waals surface area contributed by atoms with E-state index in [9.17, 15) is 4.79 Å². The summed E-state index contributed by atoms with van der Waals surface area (Å²) in [6, 6.07) is 9.67. The van der Waals surface area contributed by atoms with Gasteiger partial charge in [-0.15, -0.1) is 24.0 Å². The second-order valence-electron chi connectivity index (χ2n) is 6.96. The molecule has 0 bridgehead atoms. The highest BCUT2D eigenvalue weighted by atomic mass is 127. The van der Waals surface area contributed by atoms with Gasteiger partial charge in [0.15, 0.2) is 5.96 Å². The third-order valence-corrected chi connectivity index (χ3v) is 4.73. The minimum atomic E-state index is -0.0625. The highest BCUT2D eigenvalue weighted by Gasteiger charge is 2.23. The monoisotopic (exact) mass is 503 g/mol. The second-order valence-corrected chi connectivity index (χ2v) is 6.96. The Morgan fingerprint density at radius 1 is 1.11 bits per heavy atom. The van der Waals surface area contributed by atoms with Gasteiger partial charge in [-0.2, -0.15) is 0 Å². The van der Waals surface area contributed by atoms with E-state index in [0.29, 0.717) is 30.6 Å². The molecule has 0 spiro atoms. The van der Waals surface area contributed by atoms with Crippen LogP contribution in [0.3, 0.4) is 0 Å². The van der Waals surface area contributed by atoms with Crippen LogP contribution in [0, 0.1) is 5.92 Å². The number of carbonyl (C=O) groups excluding carboxylic acids is 1. The number of nitrogens with zero attached hydrogens (tertiary/aromatic N) is 2. The van der Waals surface area contributed by atoms with Gasteiger partial charge in [0.1, 0.15) is 0 Å². The molecule has 28 heavy (non-hydrogen) atoms. The fourth-order valence-electron chi connectivity index (χ4n) is 3.17. The average Bonchev–Trinajstić information content (AvgIpc) is 2.70. The lowest BCUT2D eigenvalue weighted by molar-refractivity contribution is 0.00752. The molecule has 1 heterocycles. The fourth-order valence-corrected chi connectivity index (χ4v) is 3.17. The van der Waals surface area contributed by atoms with E-state index in [1.165, 1.54) is 0 Å². The third kappa shape index (κ3) is 8.32. The van der Waals surface area contributed by atoms with Crippen molar-refractivity contribution in [3.05, 3.63) is 35.9 Å². The second kappa shape index (κ2) is 13.7. The van der Waals surface area contributed by atoms with Gasteiger partial charge in [-0.25, -0.2) is 0 Å². The highest BCUT2D eigenvalue weighted by molar-refractivity contribution is 14.0. The number of hydrogen-bond donors (Lipinski definition) is 3. The molecule has 1 aromatic rings. The number of ether oxygens (including phenoxy) is 1. The molecule has 3 N–H and O–H groups in total. The Hall–Kier alpha value is -1.39. The number of benzene rings is 1. The Morgan fingerprint density at radius 2 is 1.75 bits per heavy atom. The molecule has 2 rings (SSSR count). The van der Waals surface area contributed by atoms with Gasteiger partial charge < -0.3 is 20.7 Å². The van der Waals surface area contributed by atoms with Crippen molar-refractivity contribution >= 4 is 35.8 Å². The minimum absolute atomic E-state index is 0. The predicted octanol–water partition coefficient (Wildman–Crippen LogP) is 1.56. The molecule has 1 fully saturated rings. The molecule has 1 aromatic carbocycles. The Balaban J connectivity index is 0.00000392. The van der Waals surface area contributed by atoms with Crippen molar-refractivity contribution in [2.24, 2.45) is 10.9 Å². The first-order chi connectivity index (χ1) is 13.1. The van der Waals surface area contributed by atoms with Crippen LogP contribution in [0.1, 0.15) is 24.2 Å². The maximum atomic E-state index is 12.0. The number of carbonyl (C=O) groups is 1. The van der Waals surface area contributed by atoms with Gasteiger partial charge in [0.05, 0.1) is 13.2 Å². The Kier molecular flexibility index (Phi) is 12.1. The Morgan fingerprint density at radius 3 is 2.36 bits per heavy atom. The van der Waals surface area contributed by atoms with Gasteiger partial charge in [-0.05, 0) is 18.1 Å². The molecule has 0 aliphatic carbocycles. The summed E-state index contributed by atoms with van der Waals surface area (Å²) in [5.41, 5.74) is 0.672. The molecule has 1 saturated heterocycles. The lowest BCUT2D eigenvalue weighted by Gasteiger charge is -2.37. The standard InChI is InChI=1S/C20H33N5O2.HI/c1-16(2)18(25-11-13-27-14-12-25)15-24-20(21-3)23-10-9-22-19(26)17-7-5-4-6-8-17;/h4-8,16,18H,9-15H2,1-3H3,(H,22,26)(H2,21,23,24);1H. The van der Waals surface area contributed by atoms with Gasteiger partial charge in [-0.3, -0.25) is 14.7 Å². The van der Waals surface area contributed by atoms with Crippen molar-refractivity contribution in [3.8, 4) is 0 Å². The van der Waals surface area contributed by atoms with E-state index < -0.39 is 0 Å². The normalized spacial score (nSPS) is 16.2. The predicted molar refractivity (Wildman–Crippen MR) is 125 cm³/mol. The van der Waals surface area contributed by atoms with Crippen LogP contribution in [0.2, 0.25) is 0 Å². The molecule has 0 aromatic heterocycles. The van der Waals surface area contributed by atoms with E-state index in [1.54, 1.807) is 19.2 Å². The highest BCUT2D eigenvalue weighted by Crippen LogP contribution is 2.12. The number of aliphatic imine (C=N–C) groups is 1. The fraction of sp³-hybridized carbons (Fsp3) is 0.600. The molecular formula is C20H34IN5O2. The summed E-state index contributed by atoms with van der Waals surface area (Å²) in [7, 11) is 1.76. The number of hydrogen-bond acceptors (Lipinski definition) is 4. The molecular weight excluding hydrogens is 469 g/mol. The molecule has 8 heteroatoms. The van der Waals surface area contributed by atoms with Crippen LogP contribution in [-0.4, -0.2) is 75.8 Å². The molecule has 1 aliphatic heterocycles. The van der Waals surface area contributed by atoms with Crippen LogP contribution in [0.25, 0.3) is 0 Å². The maximum Gasteiger partial charge on any atom is 0.251 e. The Labute approximate surface area is 185 Å². The number of amides is 1. The maximum absolute atomic E-state index is 12.0. The zero-order valence-electron chi connectivity index (χ0n) is 17.1. The van der Waals surface area contributed by atoms with Crippen LogP contribution in [-0.2, 0) is 4.74 Å². The van der Waals surface area contributed by atoms with E-state index in [4.69, 9.17) is 4.74 Å². The lowest BCUT2D eigenvalue weighted by Crippen LogP contribution is -2.53. The summed E-state index contributed by atoms with van der Waals surface area (Å²) in [6.07, 6.45) is 0. The van der Waals surface area contributed by atoms with Crippen molar-refractivity contribution in [2.75, 3.05) is 53.0 Å². The van der Waals surface area contributed by atoms with Crippen molar-refractivity contribution < 1.29 is 9.53 Å². The lowest BCUT2D eigenvalue weighted by atomic mass is 10.0. The summed E-state index contributed by atoms with van der Waals surface area (Å²) in [5.74, 6) is 1.23. The Bertz CT molecular complexity index is 592. The van der Waals surface area contributed by atoms with Crippen LogP contribution in [0.4, 0.5) is 0 Å².